The molecule has 5 nitrogen and oxygen atoms in total. The molecule has 0 fully saturated rings. The summed E-state index contributed by atoms with van der Waals surface area (Å²) >= 11 is 9.64. The Morgan fingerprint density at radius 1 is 1.00 bits per heavy atom. The molecule has 0 spiro atoms. The molecule has 0 aliphatic carbocycles. The Kier molecular flexibility index (Phi) is 10.6. The number of nitrogens with one attached hydrogen (secondary N) is 1. The molecule has 0 aliphatic rings. The molecule has 0 unspecified atom stereocenters. The molecule has 3 rings (SSSR count). The third kappa shape index (κ3) is 8.41. The van der Waals surface area contributed by atoms with E-state index in [1.165, 1.54) is 0 Å². The Morgan fingerprint density at radius 2 is 1.66 bits per heavy atom. The molecule has 0 bridgehead atoms. The molecular weight excluding hydrogens is 528 g/mol. The van der Waals surface area contributed by atoms with Crippen molar-refractivity contribution in [3.63, 3.8) is 0 Å². The lowest BCUT2D eigenvalue weighted by atomic mass is 10.0. The van der Waals surface area contributed by atoms with E-state index in [1.807, 2.05) is 60.7 Å². The topological polar surface area (TPSA) is 58.6 Å². The van der Waals surface area contributed by atoms with E-state index < -0.39 is 6.04 Å². The lowest BCUT2D eigenvalue weighted by Gasteiger charge is -2.31. The third-order valence-electron chi connectivity index (χ3n) is 5.54. The van der Waals surface area contributed by atoms with Crippen LogP contribution in [0.5, 0.6) is 5.75 Å². The summed E-state index contributed by atoms with van der Waals surface area (Å²) in [5.41, 5.74) is 1.91. The summed E-state index contributed by atoms with van der Waals surface area (Å²) in [6, 6.07) is 23.9. The van der Waals surface area contributed by atoms with Gasteiger partial charge in [0.15, 0.2) is 6.61 Å². The highest BCUT2D eigenvalue weighted by atomic mass is 79.9. The highest BCUT2D eigenvalue weighted by Gasteiger charge is 2.30. The lowest BCUT2D eigenvalue weighted by Crippen LogP contribution is -2.51. The SMILES string of the molecule is CCCCNC(=O)[C@H](Cc1ccccc1)N(Cc1ccccc1)C(=O)COc1ccc(Br)cc1Cl. The number of hydrogen-bond donors (Lipinski definition) is 1. The van der Waals surface area contributed by atoms with Gasteiger partial charge in [-0.2, -0.15) is 0 Å². The first kappa shape index (κ1) is 26.8. The van der Waals surface area contributed by atoms with Gasteiger partial charge in [-0.15, -0.1) is 0 Å². The quantitative estimate of drug-likeness (QED) is 0.276. The Morgan fingerprint density at radius 3 is 2.29 bits per heavy atom. The molecule has 0 saturated carbocycles. The van der Waals surface area contributed by atoms with Crippen LogP contribution in [0.1, 0.15) is 30.9 Å². The Bertz CT molecular complexity index is 1100. The van der Waals surface area contributed by atoms with Gasteiger partial charge in [0, 0.05) is 24.0 Å². The molecule has 2 amide bonds. The number of rotatable bonds is 12. The second kappa shape index (κ2) is 13.9. The van der Waals surface area contributed by atoms with E-state index in [1.54, 1.807) is 23.1 Å². The van der Waals surface area contributed by atoms with Gasteiger partial charge in [-0.05, 0) is 35.7 Å². The largest absolute Gasteiger partial charge is 0.482 e. The van der Waals surface area contributed by atoms with Crippen molar-refractivity contribution in [1.82, 2.24) is 10.2 Å². The monoisotopic (exact) mass is 556 g/mol. The summed E-state index contributed by atoms with van der Waals surface area (Å²) in [6.45, 7) is 2.69. The van der Waals surface area contributed by atoms with Gasteiger partial charge in [0.1, 0.15) is 11.8 Å². The highest BCUT2D eigenvalue weighted by Crippen LogP contribution is 2.28. The van der Waals surface area contributed by atoms with E-state index in [4.69, 9.17) is 16.3 Å². The van der Waals surface area contributed by atoms with Crippen LogP contribution in [0.25, 0.3) is 0 Å². The van der Waals surface area contributed by atoms with Crippen LogP contribution in [0.3, 0.4) is 0 Å². The fraction of sp³-hybridized carbons (Fsp3) is 0.286. The highest BCUT2D eigenvalue weighted by molar-refractivity contribution is 9.10. The normalized spacial score (nSPS) is 11.5. The fourth-order valence-corrected chi connectivity index (χ4v) is 4.38. The van der Waals surface area contributed by atoms with Gasteiger partial charge in [0.25, 0.3) is 5.91 Å². The van der Waals surface area contributed by atoms with Crippen molar-refractivity contribution in [1.29, 1.82) is 0 Å². The van der Waals surface area contributed by atoms with Gasteiger partial charge in [-0.25, -0.2) is 0 Å². The maximum Gasteiger partial charge on any atom is 0.261 e. The number of halogens is 2. The van der Waals surface area contributed by atoms with Crippen LogP contribution in [0.2, 0.25) is 5.02 Å². The van der Waals surface area contributed by atoms with Gasteiger partial charge in [-0.3, -0.25) is 9.59 Å². The molecule has 0 aliphatic heterocycles. The van der Waals surface area contributed by atoms with E-state index in [2.05, 4.69) is 28.2 Å². The predicted molar refractivity (Wildman–Crippen MR) is 143 cm³/mol. The molecule has 7 heteroatoms. The van der Waals surface area contributed by atoms with E-state index in [0.717, 1.165) is 28.4 Å². The van der Waals surface area contributed by atoms with Crippen molar-refractivity contribution in [3.05, 3.63) is 99.5 Å². The molecule has 3 aromatic rings. The van der Waals surface area contributed by atoms with Crippen molar-refractivity contribution in [2.75, 3.05) is 13.2 Å². The maximum absolute atomic E-state index is 13.5. The zero-order valence-electron chi connectivity index (χ0n) is 19.8. The minimum Gasteiger partial charge on any atom is -0.482 e. The smallest absolute Gasteiger partial charge is 0.261 e. The minimum absolute atomic E-state index is 0.173. The summed E-state index contributed by atoms with van der Waals surface area (Å²) in [5, 5.41) is 3.42. The van der Waals surface area contributed by atoms with E-state index in [-0.39, 0.29) is 25.0 Å². The van der Waals surface area contributed by atoms with Crippen LogP contribution < -0.4 is 10.1 Å². The van der Waals surface area contributed by atoms with Gasteiger partial charge in [-0.1, -0.05) is 102 Å². The average molecular weight is 558 g/mol. The van der Waals surface area contributed by atoms with Gasteiger partial charge < -0.3 is 15.0 Å². The molecule has 0 radical (unpaired) electrons. The summed E-state index contributed by atoms with van der Waals surface area (Å²) in [7, 11) is 0. The molecule has 3 aromatic carbocycles. The third-order valence-corrected chi connectivity index (χ3v) is 6.33. The van der Waals surface area contributed by atoms with E-state index in [0.29, 0.717) is 23.7 Å². The van der Waals surface area contributed by atoms with Crippen molar-refractivity contribution >= 4 is 39.3 Å². The first-order chi connectivity index (χ1) is 17.0. The van der Waals surface area contributed by atoms with Crippen LogP contribution in [0.15, 0.2) is 83.3 Å². The molecular formula is C28H30BrClN2O3. The first-order valence-electron chi connectivity index (χ1n) is 11.7. The van der Waals surface area contributed by atoms with Crippen molar-refractivity contribution in [3.8, 4) is 5.75 Å². The number of carbonyl (C=O) groups excluding carboxylic acids is 2. The Balaban J connectivity index is 1.87. The Labute approximate surface area is 220 Å². The van der Waals surface area contributed by atoms with Crippen LogP contribution in [-0.4, -0.2) is 35.9 Å². The molecule has 35 heavy (non-hydrogen) atoms. The maximum atomic E-state index is 13.5. The molecule has 0 aromatic heterocycles. The zero-order valence-corrected chi connectivity index (χ0v) is 22.1. The molecule has 0 heterocycles. The number of amides is 2. The summed E-state index contributed by atoms with van der Waals surface area (Å²) < 4.78 is 6.59. The molecule has 184 valence electrons. The lowest BCUT2D eigenvalue weighted by molar-refractivity contribution is -0.142. The average Bonchev–Trinajstić information content (AvgIpc) is 2.86. The Hall–Kier alpha value is -2.83. The molecule has 1 atom stereocenters. The minimum atomic E-state index is -0.689. The number of benzene rings is 3. The number of ether oxygens (including phenoxy) is 1. The van der Waals surface area contributed by atoms with E-state index in [9.17, 15) is 9.59 Å². The van der Waals surface area contributed by atoms with Crippen LogP contribution in [-0.2, 0) is 22.6 Å². The van der Waals surface area contributed by atoms with Gasteiger partial charge in [0.05, 0.1) is 5.02 Å². The van der Waals surface area contributed by atoms with E-state index >= 15 is 0 Å². The zero-order chi connectivity index (χ0) is 25.0. The van der Waals surface area contributed by atoms with Gasteiger partial charge in [0.2, 0.25) is 5.91 Å². The second-order valence-electron chi connectivity index (χ2n) is 8.22. The molecule has 0 saturated heterocycles. The number of nitrogens with zero attached hydrogens (tertiary/aromatic N) is 1. The second-order valence-corrected chi connectivity index (χ2v) is 9.54. The van der Waals surface area contributed by atoms with Gasteiger partial charge >= 0.3 is 0 Å². The summed E-state index contributed by atoms with van der Waals surface area (Å²) in [6.07, 6.45) is 2.25. The number of carbonyl (C=O) groups is 2. The van der Waals surface area contributed by atoms with Crippen LogP contribution in [0.4, 0.5) is 0 Å². The van der Waals surface area contributed by atoms with Crippen LogP contribution >= 0.6 is 27.5 Å². The van der Waals surface area contributed by atoms with Crippen molar-refractivity contribution < 1.29 is 14.3 Å². The van der Waals surface area contributed by atoms with Crippen LogP contribution in [0, 0.1) is 0 Å². The number of hydrogen-bond acceptors (Lipinski definition) is 3. The fourth-order valence-electron chi connectivity index (χ4n) is 3.65. The standard InChI is InChI=1S/C28H30BrClN2O3/c1-2-3-16-31-28(34)25(17-21-10-6-4-7-11-21)32(19-22-12-8-5-9-13-22)27(33)20-35-26-15-14-23(29)18-24(26)30/h4-15,18,25H,2-3,16-17,19-20H2,1H3,(H,31,34)/t25-/m0/s1. The summed E-state index contributed by atoms with van der Waals surface area (Å²) in [4.78, 5) is 28.5. The van der Waals surface area contributed by atoms with Crippen molar-refractivity contribution in [2.45, 2.75) is 38.8 Å². The number of unbranched alkanes of at least 4 members (excludes halogenated alkanes) is 1. The molecule has 1 N–H and O–H groups in total. The predicted octanol–water partition coefficient (Wildman–Crippen LogP) is 6.04. The van der Waals surface area contributed by atoms with Crippen molar-refractivity contribution in [2.24, 2.45) is 0 Å². The first-order valence-corrected chi connectivity index (χ1v) is 12.9. The summed E-state index contributed by atoms with van der Waals surface area (Å²) in [5.74, 6) is -0.0532.